The van der Waals surface area contributed by atoms with Crippen molar-refractivity contribution < 1.29 is 54.2 Å². The average molecular weight is 374 g/mol. The van der Waals surface area contributed by atoms with Crippen LogP contribution < -0.4 is 40.1 Å². The fourth-order valence-electron chi connectivity index (χ4n) is 1.89. The maximum absolute atomic E-state index is 12.2. The van der Waals surface area contributed by atoms with Crippen molar-refractivity contribution in [2.75, 3.05) is 0 Å². The maximum Gasteiger partial charge on any atom is 1.00 e. The SMILES string of the molecule is CCn1cc(C(=O)[O-])c(=O)c2cc(/C=N\OC(C)(C)C(=O)O)sc21.[Na+]. The molecular weight excluding hydrogens is 359 g/mol. The van der Waals surface area contributed by atoms with E-state index < -0.39 is 28.5 Å². The van der Waals surface area contributed by atoms with E-state index >= 15 is 0 Å². The van der Waals surface area contributed by atoms with Gasteiger partial charge < -0.3 is 24.4 Å². The number of aliphatic carboxylic acids is 1. The molecule has 128 valence electrons. The molecule has 0 amide bonds. The maximum atomic E-state index is 12.2. The summed E-state index contributed by atoms with van der Waals surface area (Å²) < 4.78 is 1.63. The number of nitrogens with zero attached hydrogens (tertiary/aromatic N) is 2. The molecule has 0 saturated heterocycles. The molecule has 0 atom stereocenters. The van der Waals surface area contributed by atoms with Crippen molar-refractivity contribution in [2.24, 2.45) is 5.16 Å². The normalized spacial score (nSPS) is 11.5. The molecule has 0 spiro atoms. The standard InChI is InChI=1S/C15H16N2O6S.Na/c1-4-17-7-10(13(19)20)11(18)9-5-8(24-12(9)17)6-16-23-15(2,3)14(21)22;/h5-7H,4H2,1-3H3,(H,19,20)(H,21,22);/q;+1/p-1/b16-6-;. The first-order valence-corrected chi connectivity index (χ1v) is 7.82. The number of aromatic carboxylic acids is 1. The Balaban J connectivity index is 0.00000312. The van der Waals surface area contributed by atoms with E-state index in [4.69, 9.17) is 9.94 Å². The van der Waals surface area contributed by atoms with E-state index in [-0.39, 0.29) is 34.9 Å². The molecule has 25 heavy (non-hydrogen) atoms. The van der Waals surface area contributed by atoms with Gasteiger partial charge in [0, 0.05) is 12.7 Å². The molecule has 2 heterocycles. The van der Waals surface area contributed by atoms with Gasteiger partial charge in [-0.3, -0.25) is 4.79 Å². The monoisotopic (exact) mass is 374 g/mol. The fourth-order valence-corrected chi connectivity index (χ4v) is 2.94. The minimum absolute atomic E-state index is 0. The third kappa shape index (κ3) is 4.49. The Morgan fingerprint density at radius 2 is 2.12 bits per heavy atom. The van der Waals surface area contributed by atoms with Gasteiger partial charge in [0.1, 0.15) is 4.83 Å². The van der Waals surface area contributed by atoms with Gasteiger partial charge in [-0.2, -0.15) is 0 Å². The molecule has 0 aliphatic heterocycles. The summed E-state index contributed by atoms with van der Waals surface area (Å²) in [5.74, 6) is -2.70. The van der Waals surface area contributed by atoms with Gasteiger partial charge in [-0.05, 0) is 26.8 Å². The molecule has 0 saturated carbocycles. The molecular formula is C15H15N2NaO6S. The largest absolute Gasteiger partial charge is 1.00 e. The van der Waals surface area contributed by atoms with Crippen LogP contribution in [0, 0.1) is 0 Å². The van der Waals surface area contributed by atoms with Crippen LogP contribution in [0.25, 0.3) is 10.2 Å². The number of oxime groups is 1. The number of hydrogen-bond acceptors (Lipinski definition) is 7. The Hall–Kier alpha value is -1.68. The Bertz CT molecular complexity index is 899. The Morgan fingerprint density at radius 1 is 1.48 bits per heavy atom. The summed E-state index contributed by atoms with van der Waals surface area (Å²) in [5, 5.41) is 23.9. The number of rotatable bonds is 6. The van der Waals surface area contributed by atoms with Gasteiger partial charge in [0.05, 0.1) is 28.0 Å². The molecule has 2 rings (SSSR count). The molecule has 0 radical (unpaired) electrons. The number of carbonyl (C=O) groups excluding carboxylic acids is 1. The van der Waals surface area contributed by atoms with E-state index in [9.17, 15) is 19.5 Å². The van der Waals surface area contributed by atoms with Gasteiger partial charge >= 0.3 is 35.5 Å². The van der Waals surface area contributed by atoms with Crippen molar-refractivity contribution in [3.63, 3.8) is 0 Å². The van der Waals surface area contributed by atoms with E-state index in [1.54, 1.807) is 4.57 Å². The summed E-state index contributed by atoms with van der Waals surface area (Å²) in [4.78, 5) is 40.2. The molecule has 0 aliphatic rings. The van der Waals surface area contributed by atoms with Crippen LogP contribution in [0.1, 0.15) is 36.0 Å². The summed E-state index contributed by atoms with van der Waals surface area (Å²) >= 11 is 1.21. The minimum Gasteiger partial charge on any atom is -0.545 e. The Kier molecular flexibility index (Phi) is 6.95. The number of carboxylic acids is 2. The van der Waals surface area contributed by atoms with E-state index in [1.165, 1.54) is 43.7 Å². The summed E-state index contributed by atoms with van der Waals surface area (Å²) in [6.07, 6.45) is 2.54. The quantitative estimate of drug-likeness (QED) is 0.344. The predicted molar refractivity (Wildman–Crippen MR) is 86.5 cm³/mol. The van der Waals surface area contributed by atoms with Crippen LogP contribution in [0.5, 0.6) is 0 Å². The molecule has 0 aromatic carbocycles. The van der Waals surface area contributed by atoms with E-state index in [0.717, 1.165) is 0 Å². The summed E-state index contributed by atoms with van der Waals surface area (Å²) in [5.41, 5.74) is -2.52. The average Bonchev–Trinajstić information content (AvgIpc) is 2.91. The van der Waals surface area contributed by atoms with Gasteiger partial charge in [0.15, 0.2) is 5.43 Å². The zero-order valence-electron chi connectivity index (χ0n) is 14.2. The first kappa shape index (κ1) is 21.4. The number of aromatic nitrogens is 1. The molecule has 0 fully saturated rings. The van der Waals surface area contributed by atoms with Crippen LogP contribution in [0.15, 0.2) is 22.2 Å². The molecule has 0 aliphatic carbocycles. The molecule has 2 aromatic heterocycles. The van der Waals surface area contributed by atoms with E-state index in [2.05, 4.69) is 5.16 Å². The summed E-state index contributed by atoms with van der Waals surface area (Å²) in [7, 11) is 0. The van der Waals surface area contributed by atoms with Crippen molar-refractivity contribution >= 4 is 39.7 Å². The third-order valence-corrected chi connectivity index (χ3v) is 4.41. The van der Waals surface area contributed by atoms with Crippen LogP contribution in [-0.4, -0.2) is 33.4 Å². The summed E-state index contributed by atoms with van der Waals surface area (Å²) in [6.45, 7) is 4.99. The van der Waals surface area contributed by atoms with Crippen LogP contribution in [-0.2, 0) is 16.2 Å². The van der Waals surface area contributed by atoms with Crippen LogP contribution in [0.3, 0.4) is 0 Å². The number of aryl methyl sites for hydroxylation is 1. The second-order valence-electron chi connectivity index (χ2n) is 5.45. The van der Waals surface area contributed by atoms with Crippen molar-refractivity contribution in [3.8, 4) is 0 Å². The zero-order chi connectivity index (χ0) is 18.1. The van der Waals surface area contributed by atoms with Crippen molar-refractivity contribution in [1.82, 2.24) is 4.57 Å². The molecule has 1 N–H and O–H groups in total. The minimum atomic E-state index is -1.53. The Morgan fingerprint density at radius 3 is 2.64 bits per heavy atom. The van der Waals surface area contributed by atoms with Crippen LogP contribution in [0.4, 0.5) is 0 Å². The second kappa shape index (κ2) is 8.13. The number of thiophene rings is 1. The predicted octanol–water partition coefficient (Wildman–Crippen LogP) is -2.34. The van der Waals surface area contributed by atoms with E-state index in [0.29, 0.717) is 16.3 Å². The second-order valence-corrected chi connectivity index (χ2v) is 6.52. The molecule has 8 nitrogen and oxygen atoms in total. The summed E-state index contributed by atoms with van der Waals surface area (Å²) in [6, 6.07) is 1.49. The zero-order valence-corrected chi connectivity index (χ0v) is 17.0. The van der Waals surface area contributed by atoms with Crippen LogP contribution in [0.2, 0.25) is 0 Å². The molecule has 10 heteroatoms. The number of carbonyl (C=O) groups is 2. The third-order valence-electron chi connectivity index (χ3n) is 3.30. The number of pyridine rings is 1. The first-order chi connectivity index (χ1) is 11.2. The van der Waals surface area contributed by atoms with Gasteiger partial charge in [-0.25, -0.2) is 4.79 Å². The number of carboxylic acid groups (broad SMARTS) is 2. The van der Waals surface area contributed by atoms with Crippen molar-refractivity contribution in [2.45, 2.75) is 32.9 Å². The van der Waals surface area contributed by atoms with Crippen molar-refractivity contribution in [3.05, 3.63) is 32.9 Å². The number of fused-ring (bicyclic) bond motifs is 1. The first-order valence-electron chi connectivity index (χ1n) is 7.00. The van der Waals surface area contributed by atoms with Crippen molar-refractivity contribution in [1.29, 1.82) is 0 Å². The molecule has 0 unspecified atom stereocenters. The van der Waals surface area contributed by atoms with E-state index in [1.807, 2.05) is 6.92 Å². The van der Waals surface area contributed by atoms with Gasteiger partial charge in [0.2, 0.25) is 5.60 Å². The fraction of sp³-hybridized carbons (Fsp3) is 0.333. The van der Waals surface area contributed by atoms with Gasteiger partial charge in [-0.15, -0.1) is 11.3 Å². The molecule has 0 bridgehead atoms. The van der Waals surface area contributed by atoms with Gasteiger partial charge in [-0.1, -0.05) is 5.16 Å². The van der Waals surface area contributed by atoms with Gasteiger partial charge in [0.25, 0.3) is 0 Å². The molecule has 2 aromatic rings. The van der Waals surface area contributed by atoms with Crippen LogP contribution >= 0.6 is 11.3 Å². The Labute approximate surface area is 169 Å². The number of hydrogen-bond donors (Lipinski definition) is 1. The topological polar surface area (TPSA) is 121 Å². The smallest absolute Gasteiger partial charge is 0.545 e.